The highest BCUT2D eigenvalue weighted by atomic mass is 35.5. The van der Waals surface area contributed by atoms with E-state index in [0.717, 1.165) is 18.9 Å². The summed E-state index contributed by atoms with van der Waals surface area (Å²) in [6.07, 6.45) is 3.59. The molecule has 0 spiro atoms. The molecule has 0 aromatic carbocycles. The smallest absolute Gasteiger partial charge is 0.239 e. The Kier molecular flexibility index (Phi) is 8.80. The van der Waals surface area contributed by atoms with E-state index < -0.39 is 0 Å². The predicted molar refractivity (Wildman–Crippen MR) is 81.7 cm³/mol. The van der Waals surface area contributed by atoms with Crippen molar-refractivity contribution in [3.63, 3.8) is 0 Å². The molecular weight excluding hydrogens is 303 g/mol. The van der Waals surface area contributed by atoms with Gasteiger partial charge >= 0.3 is 0 Å². The van der Waals surface area contributed by atoms with Gasteiger partial charge in [-0.25, -0.2) is 4.98 Å². The number of carbonyl (C=O) groups is 1. The SMILES string of the molecule is Cc1nccn1CCNC(=O)[C@H]1NCCO[C@@H]1C.Cl.Cl. The second-order valence-corrected chi connectivity index (χ2v) is 4.47. The van der Waals surface area contributed by atoms with Crippen LogP contribution in [0.3, 0.4) is 0 Å². The lowest BCUT2D eigenvalue weighted by Gasteiger charge is -2.29. The summed E-state index contributed by atoms with van der Waals surface area (Å²) in [5, 5.41) is 6.09. The molecule has 0 radical (unpaired) electrons. The third-order valence-corrected chi connectivity index (χ3v) is 3.17. The van der Waals surface area contributed by atoms with Crippen molar-refractivity contribution in [2.24, 2.45) is 0 Å². The fourth-order valence-corrected chi connectivity index (χ4v) is 2.08. The van der Waals surface area contributed by atoms with Crippen LogP contribution in [0.25, 0.3) is 0 Å². The number of nitrogens with zero attached hydrogens (tertiary/aromatic N) is 2. The molecule has 2 rings (SSSR count). The Morgan fingerprint density at radius 1 is 1.60 bits per heavy atom. The zero-order valence-electron chi connectivity index (χ0n) is 11.7. The van der Waals surface area contributed by atoms with Crippen LogP contribution in [0.15, 0.2) is 12.4 Å². The second-order valence-electron chi connectivity index (χ2n) is 4.47. The zero-order chi connectivity index (χ0) is 13.0. The molecule has 116 valence electrons. The molecule has 1 aliphatic rings. The van der Waals surface area contributed by atoms with E-state index in [1.165, 1.54) is 0 Å². The van der Waals surface area contributed by atoms with Crippen LogP contribution in [0.5, 0.6) is 0 Å². The van der Waals surface area contributed by atoms with Crippen molar-refractivity contribution in [3.8, 4) is 0 Å². The molecule has 1 aromatic rings. The first-order valence-corrected chi connectivity index (χ1v) is 6.29. The number of nitrogens with one attached hydrogen (secondary N) is 2. The normalized spacial score (nSPS) is 21.5. The van der Waals surface area contributed by atoms with Crippen LogP contribution in [0.1, 0.15) is 12.7 Å². The lowest BCUT2D eigenvalue weighted by molar-refractivity contribution is -0.128. The monoisotopic (exact) mass is 324 g/mol. The number of amides is 1. The second kappa shape index (κ2) is 9.18. The minimum atomic E-state index is -0.248. The lowest BCUT2D eigenvalue weighted by Crippen LogP contribution is -2.55. The van der Waals surface area contributed by atoms with Gasteiger partial charge in [0.1, 0.15) is 11.9 Å². The van der Waals surface area contributed by atoms with E-state index in [2.05, 4.69) is 15.6 Å². The molecule has 2 atom stereocenters. The number of aryl methyl sites for hydroxylation is 1. The van der Waals surface area contributed by atoms with E-state index in [-0.39, 0.29) is 42.9 Å². The quantitative estimate of drug-likeness (QED) is 0.847. The number of hydrogen-bond acceptors (Lipinski definition) is 4. The van der Waals surface area contributed by atoms with Gasteiger partial charge in [-0.3, -0.25) is 4.79 Å². The Labute approximate surface area is 131 Å². The summed E-state index contributed by atoms with van der Waals surface area (Å²) in [6, 6.07) is -0.248. The Hall–Kier alpha value is -0.820. The summed E-state index contributed by atoms with van der Waals surface area (Å²) in [5.41, 5.74) is 0. The predicted octanol–water partition coefficient (Wildman–Crippen LogP) is 0.528. The topological polar surface area (TPSA) is 68.2 Å². The van der Waals surface area contributed by atoms with Gasteiger partial charge in [0.05, 0.1) is 12.7 Å². The van der Waals surface area contributed by atoms with Crippen molar-refractivity contribution in [1.29, 1.82) is 0 Å². The molecule has 8 heteroatoms. The maximum absolute atomic E-state index is 11.9. The van der Waals surface area contributed by atoms with E-state index in [1.54, 1.807) is 6.20 Å². The molecule has 1 aromatic heterocycles. The Balaban J connectivity index is 0.00000180. The van der Waals surface area contributed by atoms with Crippen LogP contribution in [-0.2, 0) is 16.1 Å². The maximum Gasteiger partial charge on any atom is 0.239 e. The molecule has 0 unspecified atom stereocenters. The van der Waals surface area contributed by atoms with Crippen molar-refractivity contribution in [2.45, 2.75) is 32.5 Å². The highest BCUT2D eigenvalue weighted by molar-refractivity contribution is 5.85. The summed E-state index contributed by atoms with van der Waals surface area (Å²) in [6.45, 7) is 6.58. The van der Waals surface area contributed by atoms with E-state index in [4.69, 9.17) is 4.74 Å². The molecule has 1 aliphatic heterocycles. The van der Waals surface area contributed by atoms with Crippen LogP contribution in [-0.4, -0.2) is 47.3 Å². The van der Waals surface area contributed by atoms with Gasteiger partial charge in [-0.15, -0.1) is 24.8 Å². The van der Waals surface area contributed by atoms with Crippen LogP contribution >= 0.6 is 24.8 Å². The van der Waals surface area contributed by atoms with Crippen molar-refractivity contribution in [3.05, 3.63) is 18.2 Å². The number of aromatic nitrogens is 2. The molecular formula is C12H22Cl2N4O2. The van der Waals surface area contributed by atoms with Gasteiger partial charge in [0.25, 0.3) is 0 Å². The van der Waals surface area contributed by atoms with Crippen molar-refractivity contribution < 1.29 is 9.53 Å². The minimum absolute atomic E-state index is 0. The Morgan fingerprint density at radius 2 is 2.35 bits per heavy atom. The van der Waals surface area contributed by atoms with Gasteiger partial charge in [-0.2, -0.15) is 0 Å². The van der Waals surface area contributed by atoms with E-state index >= 15 is 0 Å². The molecule has 1 saturated heterocycles. The number of hydrogen-bond donors (Lipinski definition) is 2. The third kappa shape index (κ3) is 4.94. The molecule has 0 bridgehead atoms. The Morgan fingerprint density at radius 3 is 2.95 bits per heavy atom. The third-order valence-electron chi connectivity index (χ3n) is 3.17. The molecule has 20 heavy (non-hydrogen) atoms. The number of halogens is 2. The van der Waals surface area contributed by atoms with Gasteiger partial charge in [0.2, 0.25) is 5.91 Å². The average molecular weight is 325 g/mol. The molecule has 1 amide bonds. The molecule has 0 aliphatic carbocycles. The summed E-state index contributed by atoms with van der Waals surface area (Å²) < 4.78 is 7.45. The van der Waals surface area contributed by atoms with Crippen LogP contribution in [0, 0.1) is 6.92 Å². The summed E-state index contributed by atoms with van der Waals surface area (Å²) in [5.74, 6) is 0.955. The maximum atomic E-state index is 11.9. The fraction of sp³-hybridized carbons (Fsp3) is 0.667. The zero-order valence-corrected chi connectivity index (χ0v) is 13.3. The van der Waals surface area contributed by atoms with Crippen LogP contribution < -0.4 is 10.6 Å². The van der Waals surface area contributed by atoms with E-state index in [9.17, 15) is 4.79 Å². The number of ether oxygens (including phenoxy) is 1. The standard InChI is InChI=1S/C12H20N4O2.2ClH/c1-9-11(14-5-8-18-9)12(17)15-4-7-16-6-3-13-10(16)2;;/h3,6,9,11,14H,4-5,7-8H2,1-2H3,(H,15,17);2*1H/t9-,11+;;/m1../s1. The van der Waals surface area contributed by atoms with Crippen molar-refractivity contribution in [2.75, 3.05) is 19.7 Å². The van der Waals surface area contributed by atoms with Gasteiger partial charge < -0.3 is 19.9 Å². The van der Waals surface area contributed by atoms with Gasteiger partial charge in [0.15, 0.2) is 0 Å². The fourth-order valence-electron chi connectivity index (χ4n) is 2.08. The van der Waals surface area contributed by atoms with Gasteiger partial charge in [0, 0.05) is 32.0 Å². The highest BCUT2D eigenvalue weighted by Crippen LogP contribution is 2.03. The molecule has 6 nitrogen and oxygen atoms in total. The summed E-state index contributed by atoms with van der Waals surface area (Å²) in [7, 11) is 0. The number of rotatable bonds is 4. The van der Waals surface area contributed by atoms with Crippen LogP contribution in [0.4, 0.5) is 0 Å². The molecule has 0 saturated carbocycles. The summed E-state index contributed by atoms with van der Waals surface area (Å²) >= 11 is 0. The first-order valence-electron chi connectivity index (χ1n) is 6.29. The number of imidazole rings is 1. The largest absolute Gasteiger partial charge is 0.375 e. The van der Waals surface area contributed by atoms with Crippen molar-refractivity contribution in [1.82, 2.24) is 20.2 Å². The van der Waals surface area contributed by atoms with Crippen molar-refractivity contribution >= 4 is 30.7 Å². The number of carbonyl (C=O) groups excluding carboxylic acids is 1. The van der Waals surface area contributed by atoms with E-state index in [1.807, 2.05) is 24.6 Å². The highest BCUT2D eigenvalue weighted by Gasteiger charge is 2.27. The number of morpholine rings is 1. The lowest BCUT2D eigenvalue weighted by atomic mass is 10.1. The molecule has 1 fully saturated rings. The van der Waals surface area contributed by atoms with Gasteiger partial charge in [-0.1, -0.05) is 0 Å². The first kappa shape index (κ1) is 19.2. The first-order chi connectivity index (χ1) is 8.68. The summed E-state index contributed by atoms with van der Waals surface area (Å²) in [4.78, 5) is 16.1. The average Bonchev–Trinajstić information content (AvgIpc) is 2.75. The molecule has 2 heterocycles. The Bertz CT molecular complexity index is 414. The van der Waals surface area contributed by atoms with Gasteiger partial charge in [-0.05, 0) is 13.8 Å². The minimum Gasteiger partial charge on any atom is -0.375 e. The van der Waals surface area contributed by atoms with E-state index in [0.29, 0.717) is 13.2 Å². The van der Waals surface area contributed by atoms with Crippen LogP contribution in [0.2, 0.25) is 0 Å². The molecule has 2 N–H and O–H groups in total.